The van der Waals surface area contributed by atoms with Crippen LogP contribution in [-0.4, -0.2) is 9.97 Å². The van der Waals surface area contributed by atoms with Crippen LogP contribution in [0.2, 0.25) is 0 Å². The van der Waals surface area contributed by atoms with Gasteiger partial charge < -0.3 is 10.7 Å². The van der Waals surface area contributed by atoms with E-state index in [9.17, 15) is 0 Å². The minimum Gasteiger partial charge on any atom is -0.344 e. The Bertz CT molecular complexity index is 265. The van der Waals surface area contributed by atoms with Crippen LogP contribution < -0.4 is 5.73 Å². The molecule has 1 atom stereocenters. The van der Waals surface area contributed by atoms with Crippen LogP contribution in [0.3, 0.4) is 0 Å². The van der Waals surface area contributed by atoms with E-state index in [0.29, 0.717) is 5.92 Å². The fraction of sp³-hybridized carbons (Fsp3) is 0.727. The van der Waals surface area contributed by atoms with E-state index in [4.69, 9.17) is 5.73 Å². The van der Waals surface area contributed by atoms with Crippen LogP contribution in [0, 0.1) is 0 Å². The maximum atomic E-state index is 6.00. The minimum absolute atomic E-state index is 0.0717. The van der Waals surface area contributed by atoms with Crippen molar-refractivity contribution in [3.8, 4) is 0 Å². The lowest BCUT2D eigenvalue weighted by Crippen LogP contribution is -2.11. The second-order valence-electron chi connectivity index (χ2n) is 4.13. The van der Waals surface area contributed by atoms with E-state index in [1.54, 1.807) is 0 Å². The Balaban J connectivity index is 2.57. The molecule has 1 aromatic heterocycles. The molecule has 0 saturated carbocycles. The van der Waals surface area contributed by atoms with Gasteiger partial charge in [0.15, 0.2) is 0 Å². The molecular weight excluding hydrogens is 174 g/mol. The molecule has 80 valence electrons. The predicted octanol–water partition coefficient (Wildman–Crippen LogP) is 2.72. The van der Waals surface area contributed by atoms with Crippen molar-refractivity contribution in [3.63, 3.8) is 0 Å². The van der Waals surface area contributed by atoms with Crippen molar-refractivity contribution >= 4 is 0 Å². The molecule has 0 aromatic carbocycles. The normalized spacial score (nSPS) is 13.5. The number of rotatable bonds is 5. The highest BCUT2D eigenvalue weighted by atomic mass is 15.0. The van der Waals surface area contributed by atoms with E-state index in [1.165, 1.54) is 18.5 Å². The second-order valence-corrected chi connectivity index (χ2v) is 4.13. The molecule has 0 amide bonds. The molecule has 0 spiro atoms. The van der Waals surface area contributed by atoms with Crippen LogP contribution in [0.15, 0.2) is 6.20 Å². The zero-order valence-corrected chi connectivity index (χ0v) is 9.38. The van der Waals surface area contributed by atoms with Gasteiger partial charge in [-0.1, -0.05) is 33.6 Å². The monoisotopic (exact) mass is 195 g/mol. The smallest absolute Gasteiger partial charge is 0.123 e. The summed E-state index contributed by atoms with van der Waals surface area (Å²) in [6.45, 7) is 6.47. The molecule has 1 heterocycles. The van der Waals surface area contributed by atoms with Gasteiger partial charge >= 0.3 is 0 Å². The number of hydrogen-bond acceptors (Lipinski definition) is 2. The first-order valence-electron chi connectivity index (χ1n) is 5.45. The number of H-pyrrole nitrogens is 1. The average Bonchev–Trinajstić information content (AvgIpc) is 2.62. The van der Waals surface area contributed by atoms with Crippen molar-refractivity contribution in [1.29, 1.82) is 0 Å². The second kappa shape index (κ2) is 5.15. The minimum atomic E-state index is 0.0717. The standard InChI is InChI=1S/C11H21N3/c1-4-5-6-9(12)11-13-7-10(14-11)8(2)3/h7-9H,4-6,12H2,1-3H3,(H,13,14). The van der Waals surface area contributed by atoms with Crippen LogP contribution in [0.5, 0.6) is 0 Å². The van der Waals surface area contributed by atoms with Crippen LogP contribution >= 0.6 is 0 Å². The Labute approximate surface area is 86.1 Å². The SMILES string of the molecule is CCCCC(N)c1ncc(C(C)C)[nH]1. The van der Waals surface area contributed by atoms with E-state index >= 15 is 0 Å². The molecule has 0 aliphatic rings. The Morgan fingerprint density at radius 1 is 1.50 bits per heavy atom. The summed E-state index contributed by atoms with van der Waals surface area (Å²) in [5, 5.41) is 0. The van der Waals surface area contributed by atoms with Crippen LogP contribution in [0.1, 0.15) is 63.5 Å². The van der Waals surface area contributed by atoms with Crippen molar-refractivity contribution < 1.29 is 0 Å². The van der Waals surface area contributed by atoms with E-state index in [0.717, 1.165) is 12.2 Å². The number of aromatic nitrogens is 2. The predicted molar refractivity (Wildman–Crippen MR) is 59.1 cm³/mol. The van der Waals surface area contributed by atoms with Gasteiger partial charge in [-0.15, -0.1) is 0 Å². The molecule has 14 heavy (non-hydrogen) atoms. The van der Waals surface area contributed by atoms with Gasteiger partial charge in [0.1, 0.15) is 5.82 Å². The first-order valence-corrected chi connectivity index (χ1v) is 5.45. The molecule has 3 nitrogen and oxygen atoms in total. The van der Waals surface area contributed by atoms with Gasteiger partial charge in [0.25, 0.3) is 0 Å². The Morgan fingerprint density at radius 3 is 2.71 bits per heavy atom. The van der Waals surface area contributed by atoms with Gasteiger partial charge in [-0.3, -0.25) is 0 Å². The third kappa shape index (κ3) is 2.84. The first kappa shape index (κ1) is 11.2. The van der Waals surface area contributed by atoms with E-state index in [-0.39, 0.29) is 6.04 Å². The molecule has 0 radical (unpaired) electrons. The van der Waals surface area contributed by atoms with E-state index in [1.807, 2.05) is 6.20 Å². The first-order chi connectivity index (χ1) is 6.65. The quantitative estimate of drug-likeness (QED) is 0.759. The lowest BCUT2D eigenvalue weighted by atomic mass is 10.1. The van der Waals surface area contributed by atoms with Gasteiger partial charge in [0.2, 0.25) is 0 Å². The number of hydrogen-bond donors (Lipinski definition) is 2. The highest BCUT2D eigenvalue weighted by molar-refractivity contribution is 5.07. The maximum Gasteiger partial charge on any atom is 0.123 e. The summed E-state index contributed by atoms with van der Waals surface area (Å²) >= 11 is 0. The summed E-state index contributed by atoms with van der Waals surface area (Å²) in [6, 6.07) is 0.0717. The Hall–Kier alpha value is -0.830. The number of nitrogens with zero attached hydrogens (tertiary/aromatic N) is 1. The molecule has 0 saturated heterocycles. The molecular formula is C11H21N3. The lowest BCUT2D eigenvalue weighted by Gasteiger charge is -2.07. The highest BCUT2D eigenvalue weighted by Gasteiger charge is 2.10. The molecule has 3 heteroatoms. The van der Waals surface area contributed by atoms with Crippen LogP contribution in [0.4, 0.5) is 0 Å². The summed E-state index contributed by atoms with van der Waals surface area (Å²) in [7, 11) is 0. The summed E-state index contributed by atoms with van der Waals surface area (Å²) < 4.78 is 0. The number of unbranched alkanes of at least 4 members (excludes halogenated alkanes) is 1. The molecule has 0 bridgehead atoms. The van der Waals surface area contributed by atoms with Crippen molar-refractivity contribution in [2.75, 3.05) is 0 Å². The Kier molecular flexibility index (Phi) is 4.14. The molecule has 0 aliphatic carbocycles. The molecule has 0 aliphatic heterocycles. The number of nitrogens with one attached hydrogen (secondary N) is 1. The number of nitrogens with two attached hydrogens (primary N) is 1. The number of aromatic amines is 1. The molecule has 1 rings (SSSR count). The summed E-state index contributed by atoms with van der Waals surface area (Å²) in [4.78, 5) is 7.59. The van der Waals surface area contributed by atoms with Gasteiger partial charge in [-0.2, -0.15) is 0 Å². The topological polar surface area (TPSA) is 54.7 Å². The maximum absolute atomic E-state index is 6.00. The van der Waals surface area contributed by atoms with Crippen LogP contribution in [-0.2, 0) is 0 Å². The lowest BCUT2D eigenvalue weighted by molar-refractivity contribution is 0.578. The molecule has 1 unspecified atom stereocenters. The number of imidazole rings is 1. The molecule has 1 aromatic rings. The van der Waals surface area contributed by atoms with E-state index in [2.05, 4.69) is 30.7 Å². The average molecular weight is 195 g/mol. The zero-order chi connectivity index (χ0) is 10.6. The van der Waals surface area contributed by atoms with Crippen LogP contribution in [0.25, 0.3) is 0 Å². The van der Waals surface area contributed by atoms with Crippen molar-refractivity contribution in [2.24, 2.45) is 5.73 Å². The Morgan fingerprint density at radius 2 is 2.21 bits per heavy atom. The largest absolute Gasteiger partial charge is 0.344 e. The third-order valence-corrected chi connectivity index (χ3v) is 2.46. The molecule has 3 N–H and O–H groups in total. The van der Waals surface area contributed by atoms with E-state index < -0.39 is 0 Å². The summed E-state index contributed by atoms with van der Waals surface area (Å²) in [6.07, 6.45) is 5.26. The highest BCUT2D eigenvalue weighted by Crippen LogP contribution is 2.17. The summed E-state index contributed by atoms with van der Waals surface area (Å²) in [5.74, 6) is 1.43. The third-order valence-electron chi connectivity index (χ3n) is 2.46. The van der Waals surface area contributed by atoms with Gasteiger partial charge in [0, 0.05) is 11.9 Å². The van der Waals surface area contributed by atoms with Gasteiger partial charge in [-0.05, 0) is 12.3 Å². The fourth-order valence-electron chi connectivity index (χ4n) is 1.39. The van der Waals surface area contributed by atoms with Crippen molar-refractivity contribution in [1.82, 2.24) is 9.97 Å². The van der Waals surface area contributed by atoms with Gasteiger partial charge in [0.05, 0.1) is 6.04 Å². The van der Waals surface area contributed by atoms with Crippen molar-refractivity contribution in [3.05, 3.63) is 17.7 Å². The molecule has 0 fully saturated rings. The summed E-state index contributed by atoms with van der Waals surface area (Å²) in [5.41, 5.74) is 7.17. The zero-order valence-electron chi connectivity index (χ0n) is 9.38. The van der Waals surface area contributed by atoms with Crippen molar-refractivity contribution in [2.45, 2.75) is 52.0 Å². The fourth-order valence-corrected chi connectivity index (χ4v) is 1.39. The van der Waals surface area contributed by atoms with Gasteiger partial charge in [-0.25, -0.2) is 4.98 Å².